The van der Waals surface area contributed by atoms with Crippen molar-refractivity contribution in [1.29, 1.82) is 0 Å². The number of nitrogens with zero attached hydrogens (tertiary/aromatic N) is 5. The van der Waals surface area contributed by atoms with E-state index in [0.29, 0.717) is 43.1 Å². The highest BCUT2D eigenvalue weighted by molar-refractivity contribution is 6.04. The van der Waals surface area contributed by atoms with Crippen LogP contribution in [0.2, 0.25) is 0 Å². The Bertz CT molecular complexity index is 1680. The number of amides is 2. The number of benzene rings is 2. The molecule has 1 saturated heterocycles. The highest BCUT2D eigenvalue weighted by atomic mass is 19.4. The van der Waals surface area contributed by atoms with Crippen LogP contribution in [0, 0.1) is 18.8 Å². The molecule has 210 valence electrons. The normalized spacial score (nSPS) is 14.0. The fourth-order valence-electron chi connectivity index (χ4n) is 4.66. The van der Waals surface area contributed by atoms with Crippen molar-refractivity contribution in [2.45, 2.75) is 26.6 Å². The zero-order chi connectivity index (χ0) is 29.1. The number of aromatic nitrogens is 3. The Morgan fingerprint density at radius 2 is 1.80 bits per heavy atom. The summed E-state index contributed by atoms with van der Waals surface area (Å²) in [6.07, 6.45) is -1.37. The van der Waals surface area contributed by atoms with Crippen LogP contribution in [0.25, 0.3) is 5.65 Å². The molecule has 0 atom stereocenters. The topological polar surface area (TPSA) is 82.8 Å². The van der Waals surface area contributed by atoms with E-state index in [1.54, 1.807) is 46.1 Å². The lowest BCUT2D eigenvalue weighted by atomic mass is 10.0. The van der Waals surface area contributed by atoms with Crippen LogP contribution in [0.3, 0.4) is 0 Å². The van der Waals surface area contributed by atoms with E-state index < -0.39 is 17.6 Å². The Morgan fingerprint density at radius 3 is 2.54 bits per heavy atom. The number of nitrogens with one attached hydrogen (secondary N) is 1. The Labute approximate surface area is 234 Å². The molecule has 0 aliphatic carbocycles. The summed E-state index contributed by atoms with van der Waals surface area (Å²) in [4.78, 5) is 32.4. The van der Waals surface area contributed by atoms with Crippen LogP contribution < -0.4 is 5.32 Å². The predicted molar refractivity (Wildman–Crippen MR) is 147 cm³/mol. The number of halogens is 3. The zero-order valence-corrected chi connectivity index (χ0v) is 22.5. The van der Waals surface area contributed by atoms with E-state index in [1.807, 2.05) is 17.9 Å². The Hall–Kier alpha value is -4.69. The zero-order valence-electron chi connectivity index (χ0n) is 22.5. The van der Waals surface area contributed by atoms with E-state index in [1.165, 1.54) is 19.1 Å². The quantitative estimate of drug-likeness (QED) is 0.375. The van der Waals surface area contributed by atoms with Crippen molar-refractivity contribution in [3.05, 3.63) is 94.4 Å². The van der Waals surface area contributed by atoms with Crippen molar-refractivity contribution in [3.63, 3.8) is 0 Å². The van der Waals surface area contributed by atoms with Crippen LogP contribution in [0.15, 0.2) is 60.9 Å². The first-order chi connectivity index (χ1) is 19.6. The largest absolute Gasteiger partial charge is 0.416 e. The summed E-state index contributed by atoms with van der Waals surface area (Å²) in [6.45, 7) is 5.36. The van der Waals surface area contributed by atoms with Crippen molar-refractivity contribution in [3.8, 4) is 11.8 Å². The van der Waals surface area contributed by atoms with Gasteiger partial charge in [-0.25, -0.2) is 9.50 Å². The Morgan fingerprint density at radius 1 is 1.02 bits per heavy atom. The van der Waals surface area contributed by atoms with Gasteiger partial charge in [-0.05, 0) is 60.4 Å². The van der Waals surface area contributed by atoms with E-state index in [2.05, 4.69) is 27.2 Å². The van der Waals surface area contributed by atoms with Gasteiger partial charge in [-0.2, -0.15) is 18.3 Å². The number of aryl methyl sites for hydroxylation is 1. The summed E-state index contributed by atoms with van der Waals surface area (Å²) in [5.41, 5.74) is 2.28. The average molecular weight is 561 g/mol. The monoisotopic (exact) mass is 560 g/mol. The molecule has 0 radical (unpaired) electrons. The maximum Gasteiger partial charge on any atom is 0.416 e. The SMILES string of the molecule is CC(=O)N1CCN(Cc2ccc(NC(=O)c3ccc(C)c(C#Cc4cnc5cccnn45)c3)cc2C(F)(F)F)CC1. The van der Waals surface area contributed by atoms with E-state index in [9.17, 15) is 22.8 Å². The van der Waals surface area contributed by atoms with Gasteiger partial charge >= 0.3 is 6.18 Å². The molecular weight excluding hydrogens is 533 g/mol. The van der Waals surface area contributed by atoms with E-state index in [4.69, 9.17) is 0 Å². The molecule has 2 aromatic carbocycles. The number of imidazole rings is 1. The van der Waals surface area contributed by atoms with Crippen LogP contribution in [0.1, 0.15) is 45.2 Å². The third-order valence-electron chi connectivity index (χ3n) is 6.99. The molecule has 5 rings (SSSR count). The number of hydrogen-bond donors (Lipinski definition) is 1. The maximum absolute atomic E-state index is 14.0. The lowest BCUT2D eigenvalue weighted by molar-refractivity contribution is -0.138. The van der Waals surface area contributed by atoms with Gasteiger partial charge < -0.3 is 10.2 Å². The predicted octanol–water partition coefficient (Wildman–Crippen LogP) is 4.37. The van der Waals surface area contributed by atoms with Gasteiger partial charge in [-0.1, -0.05) is 18.1 Å². The summed E-state index contributed by atoms with van der Waals surface area (Å²) in [5, 5.41) is 6.82. The van der Waals surface area contributed by atoms with Crippen LogP contribution >= 0.6 is 0 Å². The highest BCUT2D eigenvalue weighted by Crippen LogP contribution is 2.34. The van der Waals surface area contributed by atoms with Gasteiger partial charge in [0, 0.05) is 62.7 Å². The van der Waals surface area contributed by atoms with E-state index in [-0.39, 0.29) is 29.3 Å². The summed E-state index contributed by atoms with van der Waals surface area (Å²) >= 11 is 0. The van der Waals surface area contributed by atoms with Gasteiger partial charge in [0.15, 0.2) is 5.65 Å². The summed E-state index contributed by atoms with van der Waals surface area (Å²) in [6, 6.07) is 12.4. The molecule has 3 heterocycles. The maximum atomic E-state index is 14.0. The minimum absolute atomic E-state index is 0.0393. The molecule has 2 amide bonds. The first-order valence-electron chi connectivity index (χ1n) is 13.0. The molecule has 11 heteroatoms. The third-order valence-corrected chi connectivity index (χ3v) is 6.99. The van der Waals surface area contributed by atoms with Crippen molar-refractivity contribution in [1.82, 2.24) is 24.4 Å². The third kappa shape index (κ3) is 6.39. The first-order valence-corrected chi connectivity index (χ1v) is 13.0. The van der Waals surface area contributed by atoms with Crippen LogP contribution in [-0.2, 0) is 17.5 Å². The number of carbonyl (C=O) groups excluding carboxylic acids is 2. The van der Waals surface area contributed by atoms with Gasteiger partial charge in [0.05, 0.1) is 11.8 Å². The van der Waals surface area contributed by atoms with E-state index in [0.717, 1.165) is 11.6 Å². The number of alkyl halides is 3. The van der Waals surface area contributed by atoms with Crippen LogP contribution in [-0.4, -0.2) is 62.4 Å². The number of hydrogen-bond acceptors (Lipinski definition) is 5. The van der Waals surface area contributed by atoms with Gasteiger partial charge in [0.25, 0.3) is 5.91 Å². The number of rotatable bonds is 4. The second kappa shape index (κ2) is 11.4. The molecule has 0 unspecified atom stereocenters. The molecule has 2 aromatic heterocycles. The lowest BCUT2D eigenvalue weighted by Crippen LogP contribution is -2.47. The fraction of sp³-hybridized carbons (Fsp3) is 0.267. The molecule has 1 aliphatic rings. The van der Waals surface area contributed by atoms with Crippen LogP contribution in [0.4, 0.5) is 18.9 Å². The summed E-state index contributed by atoms with van der Waals surface area (Å²) in [7, 11) is 0. The fourth-order valence-corrected chi connectivity index (χ4v) is 4.66. The molecule has 1 N–H and O–H groups in total. The summed E-state index contributed by atoms with van der Waals surface area (Å²) in [5.74, 6) is 5.47. The number of fused-ring (bicyclic) bond motifs is 1. The van der Waals surface area contributed by atoms with Gasteiger partial charge in [0.2, 0.25) is 5.91 Å². The summed E-state index contributed by atoms with van der Waals surface area (Å²) < 4.78 is 43.6. The smallest absolute Gasteiger partial charge is 0.340 e. The molecule has 41 heavy (non-hydrogen) atoms. The first kappa shape index (κ1) is 27.9. The van der Waals surface area contributed by atoms with Crippen molar-refractivity contribution < 1.29 is 22.8 Å². The van der Waals surface area contributed by atoms with Crippen molar-refractivity contribution in [2.75, 3.05) is 31.5 Å². The minimum Gasteiger partial charge on any atom is -0.340 e. The molecule has 0 bridgehead atoms. The van der Waals surface area contributed by atoms with Gasteiger partial charge in [-0.15, -0.1) is 0 Å². The van der Waals surface area contributed by atoms with Gasteiger partial charge in [0.1, 0.15) is 5.69 Å². The van der Waals surface area contributed by atoms with Crippen molar-refractivity contribution in [2.24, 2.45) is 0 Å². The van der Waals surface area contributed by atoms with Gasteiger partial charge in [-0.3, -0.25) is 14.5 Å². The molecular formula is C30H27F3N6O2. The number of carbonyl (C=O) groups is 2. The minimum atomic E-state index is -4.60. The van der Waals surface area contributed by atoms with E-state index >= 15 is 0 Å². The Balaban J connectivity index is 1.33. The van der Waals surface area contributed by atoms with Crippen molar-refractivity contribution >= 4 is 23.1 Å². The molecule has 1 fully saturated rings. The molecule has 0 saturated carbocycles. The highest BCUT2D eigenvalue weighted by Gasteiger charge is 2.34. The lowest BCUT2D eigenvalue weighted by Gasteiger charge is -2.34. The molecule has 8 nitrogen and oxygen atoms in total. The standard InChI is InChI=1S/C30H27F3N6O2/c1-20-5-6-23(16-22(20)8-10-26-18-34-28-4-3-11-35-39(26)28)29(41)36-25-9-7-24(27(17-25)30(31,32)33)19-37-12-14-38(15-13-37)21(2)40/h3-7,9,11,16-18H,12-15,19H2,1-2H3,(H,36,41). The van der Waals surface area contributed by atoms with Crippen LogP contribution in [0.5, 0.6) is 0 Å². The number of anilines is 1. The second-order valence-electron chi connectivity index (χ2n) is 9.82. The molecule has 1 aliphatic heterocycles. The second-order valence-corrected chi connectivity index (χ2v) is 9.82. The average Bonchev–Trinajstić information content (AvgIpc) is 3.36. The Kier molecular flexibility index (Phi) is 7.77. The molecule has 4 aromatic rings. The number of piperazine rings is 1. The molecule has 0 spiro atoms.